The lowest BCUT2D eigenvalue weighted by atomic mass is 10.2. The highest BCUT2D eigenvalue weighted by molar-refractivity contribution is 8.00. The average Bonchev–Trinajstić information content (AvgIpc) is 3.18. The predicted octanol–water partition coefficient (Wildman–Crippen LogP) is 3.11. The van der Waals surface area contributed by atoms with Gasteiger partial charge in [0.1, 0.15) is 16.6 Å². The van der Waals surface area contributed by atoms with Gasteiger partial charge in [-0.15, -0.1) is 11.3 Å². The van der Waals surface area contributed by atoms with E-state index in [9.17, 15) is 9.59 Å². The molecule has 1 aliphatic heterocycles. The third-order valence-electron chi connectivity index (χ3n) is 4.40. The van der Waals surface area contributed by atoms with Gasteiger partial charge in [-0.3, -0.25) is 9.59 Å². The fourth-order valence-corrected chi connectivity index (χ4v) is 4.69. The SMILES string of the molecule is COc1ccc2nc(C)nc(SCC(=O)c3ccc(C(=O)NC4COC4)s3)c2c1. The van der Waals surface area contributed by atoms with Crippen LogP contribution >= 0.6 is 23.1 Å². The summed E-state index contributed by atoms with van der Waals surface area (Å²) in [6, 6.07) is 9.05. The van der Waals surface area contributed by atoms with Gasteiger partial charge in [0.05, 0.1) is 47.4 Å². The predicted molar refractivity (Wildman–Crippen MR) is 112 cm³/mol. The second-order valence-corrected chi connectivity index (χ2v) is 8.59. The number of benzene rings is 1. The molecular weight excluding hydrogens is 410 g/mol. The van der Waals surface area contributed by atoms with Crippen molar-refractivity contribution in [2.24, 2.45) is 0 Å². The van der Waals surface area contributed by atoms with Gasteiger partial charge in [-0.1, -0.05) is 11.8 Å². The summed E-state index contributed by atoms with van der Waals surface area (Å²) < 4.78 is 10.3. The lowest BCUT2D eigenvalue weighted by molar-refractivity contribution is -0.00338. The molecule has 29 heavy (non-hydrogen) atoms. The van der Waals surface area contributed by atoms with Gasteiger partial charge in [0.25, 0.3) is 5.91 Å². The van der Waals surface area contributed by atoms with Gasteiger partial charge in [0.15, 0.2) is 5.78 Å². The van der Waals surface area contributed by atoms with Crippen molar-refractivity contribution >= 4 is 45.7 Å². The van der Waals surface area contributed by atoms with Crippen molar-refractivity contribution in [2.45, 2.75) is 18.0 Å². The third kappa shape index (κ3) is 4.42. The van der Waals surface area contributed by atoms with Crippen molar-refractivity contribution < 1.29 is 19.1 Å². The Morgan fingerprint density at radius 1 is 1.24 bits per heavy atom. The number of hydrogen-bond donors (Lipinski definition) is 1. The molecular formula is C20H19N3O4S2. The lowest BCUT2D eigenvalue weighted by Crippen LogP contribution is -2.48. The van der Waals surface area contributed by atoms with Gasteiger partial charge in [0.2, 0.25) is 0 Å². The van der Waals surface area contributed by atoms with E-state index in [4.69, 9.17) is 9.47 Å². The van der Waals surface area contributed by atoms with Gasteiger partial charge in [-0.2, -0.15) is 0 Å². The number of thiophene rings is 1. The van der Waals surface area contributed by atoms with Crippen LogP contribution in [0.25, 0.3) is 10.9 Å². The number of nitrogens with zero attached hydrogens (tertiary/aromatic N) is 2. The smallest absolute Gasteiger partial charge is 0.261 e. The summed E-state index contributed by atoms with van der Waals surface area (Å²) in [5.41, 5.74) is 0.809. The van der Waals surface area contributed by atoms with Crippen molar-refractivity contribution in [1.29, 1.82) is 0 Å². The number of ether oxygens (including phenoxy) is 2. The maximum Gasteiger partial charge on any atom is 0.261 e. The molecule has 1 amide bonds. The Balaban J connectivity index is 1.46. The number of thioether (sulfide) groups is 1. The first kappa shape index (κ1) is 19.8. The zero-order chi connectivity index (χ0) is 20.4. The van der Waals surface area contributed by atoms with Gasteiger partial charge < -0.3 is 14.8 Å². The van der Waals surface area contributed by atoms with Crippen LogP contribution in [-0.2, 0) is 4.74 Å². The number of ketones is 1. The summed E-state index contributed by atoms with van der Waals surface area (Å²) in [5.74, 6) is 1.37. The molecule has 150 valence electrons. The van der Waals surface area contributed by atoms with Gasteiger partial charge in [-0.05, 0) is 37.3 Å². The topological polar surface area (TPSA) is 90.4 Å². The molecule has 3 heterocycles. The number of nitrogens with one attached hydrogen (secondary N) is 1. The van der Waals surface area contributed by atoms with Crippen molar-refractivity contribution in [3.63, 3.8) is 0 Å². The minimum atomic E-state index is -0.167. The zero-order valence-corrected chi connectivity index (χ0v) is 17.6. The van der Waals surface area contributed by atoms with Crippen molar-refractivity contribution in [3.8, 4) is 5.75 Å². The van der Waals surface area contributed by atoms with Gasteiger partial charge >= 0.3 is 0 Å². The van der Waals surface area contributed by atoms with E-state index in [1.807, 2.05) is 25.1 Å². The minimum absolute atomic E-state index is 0.0432. The first-order valence-electron chi connectivity index (χ1n) is 9.00. The first-order chi connectivity index (χ1) is 14.0. The molecule has 0 unspecified atom stereocenters. The normalized spacial score (nSPS) is 13.9. The quantitative estimate of drug-likeness (QED) is 0.351. The number of rotatable bonds is 7. The van der Waals surface area contributed by atoms with Crippen LogP contribution in [0.15, 0.2) is 35.4 Å². The number of amides is 1. The summed E-state index contributed by atoms with van der Waals surface area (Å²) in [7, 11) is 1.61. The Bertz CT molecular complexity index is 1080. The largest absolute Gasteiger partial charge is 0.497 e. The number of carbonyl (C=O) groups is 2. The second-order valence-electron chi connectivity index (χ2n) is 6.54. The number of aromatic nitrogens is 2. The molecule has 0 spiro atoms. The molecule has 1 aromatic carbocycles. The Labute approximate surface area is 175 Å². The maximum absolute atomic E-state index is 12.7. The molecule has 4 rings (SSSR count). The van der Waals surface area contributed by atoms with E-state index in [-0.39, 0.29) is 23.5 Å². The van der Waals surface area contributed by atoms with E-state index in [1.54, 1.807) is 19.2 Å². The first-order valence-corrected chi connectivity index (χ1v) is 10.8. The standard InChI is InChI=1S/C20H19N3O4S2/c1-11-21-15-4-3-13(26-2)7-14(15)20(22-11)28-10-16(24)17-5-6-18(29-17)19(25)23-12-8-27-9-12/h3-7,12H,8-10H2,1-2H3,(H,23,25). The fourth-order valence-electron chi connectivity index (χ4n) is 2.82. The van der Waals surface area contributed by atoms with E-state index in [0.717, 1.165) is 15.9 Å². The van der Waals surface area contributed by atoms with E-state index < -0.39 is 0 Å². The Morgan fingerprint density at radius 3 is 2.76 bits per heavy atom. The summed E-state index contributed by atoms with van der Waals surface area (Å²) in [6.07, 6.45) is 0. The van der Waals surface area contributed by atoms with Crippen LogP contribution in [0.5, 0.6) is 5.75 Å². The maximum atomic E-state index is 12.7. The molecule has 0 bridgehead atoms. The molecule has 2 aromatic heterocycles. The van der Waals surface area contributed by atoms with E-state index in [0.29, 0.717) is 34.5 Å². The molecule has 7 nitrogen and oxygen atoms in total. The van der Waals surface area contributed by atoms with Crippen LogP contribution in [0.2, 0.25) is 0 Å². The molecule has 0 saturated carbocycles. The summed E-state index contributed by atoms with van der Waals surface area (Å²) >= 11 is 2.57. The molecule has 1 N–H and O–H groups in total. The number of aryl methyl sites for hydroxylation is 1. The van der Waals surface area contributed by atoms with Gasteiger partial charge in [0, 0.05) is 5.39 Å². The van der Waals surface area contributed by atoms with Crippen LogP contribution < -0.4 is 10.1 Å². The van der Waals surface area contributed by atoms with Crippen molar-refractivity contribution in [1.82, 2.24) is 15.3 Å². The molecule has 9 heteroatoms. The van der Waals surface area contributed by atoms with Crippen LogP contribution in [0, 0.1) is 6.92 Å². The van der Waals surface area contributed by atoms with Crippen LogP contribution in [0.4, 0.5) is 0 Å². The Hall–Kier alpha value is -2.49. The monoisotopic (exact) mass is 429 g/mol. The van der Waals surface area contributed by atoms with Crippen molar-refractivity contribution in [2.75, 3.05) is 26.1 Å². The number of carbonyl (C=O) groups excluding carboxylic acids is 2. The lowest BCUT2D eigenvalue weighted by Gasteiger charge is -2.26. The number of fused-ring (bicyclic) bond motifs is 1. The highest BCUT2D eigenvalue weighted by Gasteiger charge is 2.22. The number of hydrogen-bond acceptors (Lipinski definition) is 8. The summed E-state index contributed by atoms with van der Waals surface area (Å²) in [6.45, 7) is 2.90. The Morgan fingerprint density at radius 2 is 2.03 bits per heavy atom. The average molecular weight is 430 g/mol. The van der Waals surface area contributed by atoms with Crippen LogP contribution in [-0.4, -0.2) is 53.8 Å². The van der Waals surface area contributed by atoms with Crippen LogP contribution in [0.3, 0.4) is 0 Å². The number of Topliss-reactive ketones (excluding diaryl/α,β-unsaturated/α-hetero) is 1. The molecule has 0 radical (unpaired) electrons. The fraction of sp³-hybridized carbons (Fsp3) is 0.300. The zero-order valence-electron chi connectivity index (χ0n) is 15.9. The van der Waals surface area contributed by atoms with Crippen molar-refractivity contribution in [3.05, 3.63) is 45.9 Å². The molecule has 0 aliphatic carbocycles. The second kappa shape index (κ2) is 8.48. The van der Waals surface area contributed by atoms with E-state index in [2.05, 4.69) is 15.3 Å². The molecule has 1 aliphatic rings. The van der Waals surface area contributed by atoms with Crippen LogP contribution in [0.1, 0.15) is 25.2 Å². The molecule has 3 aromatic rings. The third-order valence-corrected chi connectivity index (χ3v) is 6.51. The highest BCUT2D eigenvalue weighted by Crippen LogP contribution is 2.29. The highest BCUT2D eigenvalue weighted by atomic mass is 32.2. The van der Waals surface area contributed by atoms with E-state index in [1.165, 1.54) is 23.1 Å². The molecule has 1 saturated heterocycles. The number of methoxy groups -OCH3 is 1. The summed E-state index contributed by atoms with van der Waals surface area (Å²) in [5, 5.41) is 4.47. The molecule has 1 fully saturated rings. The summed E-state index contributed by atoms with van der Waals surface area (Å²) in [4.78, 5) is 34.9. The van der Waals surface area contributed by atoms with E-state index >= 15 is 0 Å². The molecule has 0 atom stereocenters. The van der Waals surface area contributed by atoms with Gasteiger partial charge in [-0.25, -0.2) is 9.97 Å². The minimum Gasteiger partial charge on any atom is -0.497 e. The Kier molecular flexibility index (Phi) is 5.79.